The number of nitrogens with two attached hydrogens (primary N) is 1. The Bertz CT molecular complexity index is 467. The van der Waals surface area contributed by atoms with Gasteiger partial charge in [0.2, 0.25) is 0 Å². The van der Waals surface area contributed by atoms with Crippen molar-refractivity contribution in [1.82, 2.24) is 4.90 Å². The van der Waals surface area contributed by atoms with Gasteiger partial charge in [-0.15, -0.1) is 0 Å². The molecule has 3 unspecified atom stereocenters. The fourth-order valence-electron chi connectivity index (χ4n) is 3.28. The first-order valence-corrected chi connectivity index (χ1v) is 6.43. The van der Waals surface area contributed by atoms with E-state index < -0.39 is 0 Å². The van der Waals surface area contributed by atoms with Gasteiger partial charge in [0, 0.05) is 43.1 Å². The average Bonchev–Trinajstić information content (AvgIpc) is 2.52. The molecular formula is C14H19FN2O. The maximum atomic E-state index is 13.3. The molecule has 3 rings (SSSR count). The van der Waals surface area contributed by atoms with Gasteiger partial charge in [-0.3, -0.25) is 4.90 Å². The normalized spacial score (nSPS) is 35.6. The average molecular weight is 250 g/mol. The van der Waals surface area contributed by atoms with E-state index in [1.807, 2.05) is 0 Å². The smallest absolute Gasteiger partial charge is 0.127 e. The molecule has 1 aromatic rings. The summed E-state index contributed by atoms with van der Waals surface area (Å²) in [5.74, 6) is 0.355. The molecule has 0 amide bonds. The highest BCUT2D eigenvalue weighted by molar-refractivity contribution is 5.39. The highest BCUT2D eigenvalue weighted by Crippen LogP contribution is 2.44. The number of halogens is 1. The van der Waals surface area contributed by atoms with Crippen LogP contribution >= 0.6 is 0 Å². The molecule has 2 heterocycles. The summed E-state index contributed by atoms with van der Waals surface area (Å²) in [5.41, 5.74) is 6.90. The Morgan fingerprint density at radius 1 is 1.44 bits per heavy atom. The molecule has 3 nitrogen and oxygen atoms in total. The van der Waals surface area contributed by atoms with Crippen LogP contribution in [0.2, 0.25) is 0 Å². The van der Waals surface area contributed by atoms with Gasteiger partial charge in [0.1, 0.15) is 17.2 Å². The molecule has 2 N–H and O–H groups in total. The number of hydrogen-bond donors (Lipinski definition) is 1. The van der Waals surface area contributed by atoms with E-state index in [4.69, 9.17) is 10.5 Å². The largest absolute Gasteiger partial charge is 0.485 e. The zero-order chi connectivity index (χ0) is 12.9. The van der Waals surface area contributed by atoms with E-state index in [0.717, 1.165) is 24.9 Å². The van der Waals surface area contributed by atoms with E-state index in [0.29, 0.717) is 11.8 Å². The number of nitrogens with zero attached hydrogens (tertiary/aromatic N) is 1. The van der Waals surface area contributed by atoms with Crippen molar-refractivity contribution < 1.29 is 9.13 Å². The fraction of sp³-hybridized carbons (Fsp3) is 0.571. The van der Waals surface area contributed by atoms with Gasteiger partial charge in [-0.25, -0.2) is 4.39 Å². The molecular weight excluding hydrogens is 231 g/mol. The second kappa shape index (κ2) is 3.93. The van der Waals surface area contributed by atoms with E-state index in [1.54, 1.807) is 6.07 Å². The van der Waals surface area contributed by atoms with Crippen LogP contribution in [0.4, 0.5) is 4.39 Å². The molecule has 0 aliphatic carbocycles. The summed E-state index contributed by atoms with van der Waals surface area (Å²) in [6, 6.07) is 5.06. The predicted molar refractivity (Wildman–Crippen MR) is 68.0 cm³/mol. The maximum Gasteiger partial charge on any atom is 0.127 e. The Labute approximate surface area is 107 Å². The van der Waals surface area contributed by atoms with Crippen LogP contribution in [0.15, 0.2) is 18.2 Å². The number of fused-ring (bicyclic) bond motifs is 1. The summed E-state index contributed by atoms with van der Waals surface area (Å²) >= 11 is 0. The molecule has 4 heteroatoms. The zero-order valence-corrected chi connectivity index (χ0v) is 10.8. The molecule has 0 bridgehead atoms. The highest BCUT2D eigenvalue weighted by Gasteiger charge is 2.46. The Hall–Kier alpha value is -1.13. The summed E-state index contributed by atoms with van der Waals surface area (Å²) in [6.07, 6.45) is 1.76. The van der Waals surface area contributed by atoms with Gasteiger partial charge in [-0.05, 0) is 20.0 Å². The fourth-order valence-corrected chi connectivity index (χ4v) is 3.28. The van der Waals surface area contributed by atoms with Gasteiger partial charge in [0.15, 0.2) is 0 Å². The molecule has 0 aromatic heterocycles. The monoisotopic (exact) mass is 250 g/mol. The van der Waals surface area contributed by atoms with Crippen LogP contribution in [-0.2, 0) is 0 Å². The number of likely N-dealkylation sites (tertiary alicyclic amines) is 1. The SMILES string of the molecule is CC1CC2(CC(N)c3ccc(F)cc3O2)CN1C. The maximum absolute atomic E-state index is 13.3. The van der Waals surface area contributed by atoms with Crippen molar-refractivity contribution in [3.8, 4) is 5.75 Å². The number of hydrogen-bond acceptors (Lipinski definition) is 3. The molecule has 3 atom stereocenters. The van der Waals surface area contributed by atoms with E-state index in [9.17, 15) is 4.39 Å². The quantitative estimate of drug-likeness (QED) is 0.766. The minimum Gasteiger partial charge on any atom is -0.485 e. The summed E-state index contributed by atoms with van der Waals surface area (Å²) < 4.78 is 19.4. The second-order valence-electron chi connectivity index (χ2n) is 5.75. The standard InChI is InChI=1S/C14H19FN2O/c1-9-6-14(8-17(9)2)7-12(16)11-4-3-10(15)5-13(11)18-14/h3-5,9,12H,6-8,16H2,1-2H3. The first-order chi connectivity index (χ1) is 8.49. The molecule has 0 saturated carbocycles. The Morgan fingerprint density at radius 2 is 2.22 bits per heavy atom. The lowest BCUT2D eigenvalue weighted by molar-refractivity contribution is 0.0459. The Morgan fingerprint density at radius 3 is 2.89 bits per heavy atom. The first-order valence-electron chi connectivity index (χ1n) is 6.43. The summed E-state index contributed by atoms with van der Waals surface area (Å²) in [7, 11) is 2.09. The molecule has 98 valence electrons. The summed E-state index contributed by atoms with van der Waals surface area (Å²) in [6.45, 7) is 3.04. The minimum atomic E-state index is -0.266. The van der Waals surface area contributed by atoms with Gasteiger partial charge in [0.25, 0.3) is 0 Å². The second-order valence-corrected chi connectivity index (χ2v) is 5.75. The highest BCUT2D eigenvalue weighted by atomic mass is 19.1. The molecule has 1 spiro atoms. The predicted octanol–water partition coefficient (Wildman–Crippen LogP) is 2.07. The minimum absolute atomic E-state index is 0.0620. The van der Waals surface area contributed by atoms with Crippen molar-refractivity contribution in [2.45, 2.75) is 37.5 Å². The van der Waals surface area contributed by atoms with E-state index >= 15 is 0 Å². The van der Waals surface area contributed by atoms with Crippen molar-refractivity contribution in [3.05, 3.63) is 29.6 Å². The third-order valence-electron chi connectivity index (χ3n) is 4.25. The summed E-state index contributed by atoms with van der Waals surface area (Å²) in [4.78, 5) is 2.27. The van der Waals surface area contributed by atoms with Gasteiger partial charge in [-0.2, -0.15) is 0 Å². The molecule has 0 radical (unpaired) electrons. The van der Waals surface area contributed by atoms with Gasteiger partial charge >= 0.3 is 0 Å². The van der Waals surface area contributed by atoms with E-state index in [1.165, 1.54) is 12.1 Å². The molecule has 2 aliphatic rings. The Kier molecular flexibility index (Phi) is 2.61. The topological polar surface area (TPSA) is 38.5 Å². The van der Waals surface area contributed by atoms with Crippen molar-refractivity contribution >= 4 is 0 Å². The van der Waals surface area contributed by atoms with Crippen LogP contribution in [0.5, 0.6) is 5.75 Å². The number of likely N-dealkylation sites (N-methyl/N-ethyl adjacent to an activating group) is 1. The van der Waals surface area contributed by atoms with E-state index in [2.05, 4.69) is 18.9 Å². The molecule has 1 saturated heterocycles. The van der Waals surface area contributed by atoms with Crippen LogP contribution in [0.3, 0.4) is 0 Å². The van der Waals surface area contributed by atoms with Crippen LogP contribution in [0.25, 0.3) is 0 Å². The lowest BCUT2D eigenvalue weighted by atomic mass is 9.86. The van der Waals surface area contributed by atoms with Crippen molar-refractivity contribution in [1.29, 1.82) is 0 Å². The van der Waals surface area contributed by atoms with Crippen LogP contribution in [-0.4, -0.2) is 30.1 Å². The van der Waals surface area contributed by atoms with Crippen LogP contribution < -0.4 is 10.5 Å². The lowest BCUT2D eigenvalue weighted by Crippen LogP contribution is -2.44. The third kappa shape index (κ3) is 1.80. The molecule has 18 heavy (non-hydrogen) atoms. The Balaban J connectivity index is 1.96. The van der Waals surface area contributed by atoms with Crippen molar-refractivity contribution in [3.63, 3.8) is 0 Å². The van der Waals surface area contributed by atoms with Gasteiger partial charge in [-0.1, -0.05) is 6.07 Å². The number of rotatable bonds is 0. The third-order valence-corrected chi connectivity index (χ3v) is 4.25. The van der Waals surface area contributed by atoms with Gasteiger partial charge < -0.3 is 10.5 Å². The van der Waals surface area contributed by atoms with Crippen LogP contribution in [0, 0.1) is 5.82 Å². The van der Waals surface area contributed by atoms with Gasteiger partial charge in [0.05, 0.1) is 0 Å². The number of benzene rings is 1. The van der Waals surface area contributed by atoms with Crippen LogP contribution in [0.1, 0.15) is 31.4 Å². The van der Waals surface area contributed by atoms with Crippen molar-refractivity contribution in [2.75, 3.05) is 13.6 Å². The lowest BCUT2D eigenvalue weighted by Gasteiger charge is -2.38. The summed E-state index contributed by atoms with van der Waals surface area (Å²) in [5, 5.41) is 0. The van der Waals surface area contributed by atoms with E-state index in [-0.39, 0.29) is 17.5 Å². The number of ether oxygens (including phenoxy) is 1. The zero-order valence-electron chi connectivity index (χ0n) is 10.8. The first kappa shape index (κ1) is 11.9. The molecule has 2 aliphatic heterocycles. The molecule has 1 fully saturated rings. The molecule has 1 aromatic carbocycles. The van der Waals surface area contributed by atoms with Crippen molar-refractivity contribution in [2.24, 2.45) is 5.73 Å².